The number of nitrogens with zero attached hydrogens (tertiary/aromatic N) is 5. The number of halogens is 3. The Morgan fingerprint density at radius 2 is 2.00 bits per heavy atom. The number of fused-ring (bicyclic) bond motifs is 1. The zero-order chi connectivity index (χ0) is 28.5. The molecule has 1 atom stereocenters. The SMILES string of the molecule is COC(=O)c1ccc2nc(Cc3cc(F)c(-c4cccc(OCc5nnc(Br)s5)n4)cc3F)n(C[C@@H]3CCO3)c2c1. The molecule has 0 spiro atoms. The smallest absolute Gasteiger partial charge is 0.337 e. The average molecular weight is 642 g/mol. The quantitative estimate of drug-likeness (QED) is 0.188. The van der Waals surface area contributed by atoms with Crippen LogP contribution in [0.5, 0.6) is 5.88 Å². The summed E-state index contributed by atoms with van der Waals surface area (Å²) in [4.78, 5) is 21.2. The van der Waals surface area contributed by atoms with E-state index in [-0.39, 0.29) is 41.8 Å². The first kappa shape index (κ1) is 27.4. The van der Waals surface area contributed by atoms with Gasteiger partial charge in [0.2, 0.25) is 5.88 Å². The van der Waals surface area contributed by atoms with E-state index < -0.39 is 17.6 Å². The predicted molar refractivity (Wildman–Crippen MR) is 150 cm³/mol. The summed E-state index contributed by atoms with van der Waals surface area (Å²) in [6.45, 7) is 1.29. The van der Waals surface area contributed by atoms with E-state index in [0.717, 1.165) is 12.5 Å². The van der Waals surface area contributed by atoms with Crippen molar-refractivity contribution in [1.82, 2.24) is 24.7 Å². The molecule has 6 rings (SSSR count). The first-order valence-electron chi connectivity index (χ1n) is 12.6. The van der Waals surface area contributed by atoms with E-state index >= 15 is 8.78 Å². The normalized spacial score (nSPS) is 14.7. The molecule has 1 saturated heterocycles. The number of esters is 1. The molecule has 2 aromatic carbocycles. The highest BCUT2D eigenvalue weighted by molar-refractivity contribution is 9.11. The Labute approximate surface area is 245 Å². The van der Waals surface area contributed by atoms with E-state index in [4.69, 9.17) is 14.2 Å². The highest BCUT2D eigenvalue weighted by Crippen LogP contribution is 2.29. The molecule has 0 unspecified atom stereocenters. The molecule has 4 heterocycles. The molecule has 0 saturated carbocycles. The molecule has 1 aliphatic rings. The number of carbonyl (C=O) groups excluding carboxylic acids is 1. The molecule has 1 fully saturated rings. The van der Waals surface area contributed by atoms with Gasteiger partial charge in [-0.15, -0.1) is 10.2 Å². The second kappa shape index (κ2) is 11.6. The van der Waals surface area contributed by atoms with Gasteiger partial charge in [-0.25, -0.2) is 23.5 Å². The molecule has 0 N–H and O–H groups in total. The van der Waals surface area contributed by atoms with E-state index in [2.05, 4.69) is 36.1 Å². The van der Waals surface area contributed by atoms with Crippen LogP contribution in [-0.4, -0.2) is 50.5 Å². The maximum atomic E-state index is 15.4. The maximum Gasteiger partial charge on any atom is 0.337 e. The number of hydrogen-bond acceptors (Lipinski definition) is 9. The Balaban J connectivity index is 1.28. The Morgan fingerprint density at radius 1 is 1.15 bits per heavy atom. The van der Waals surface area contributed by atoms with Crippen LogP contribution in [0.1, 0.15) is 33.2 Å². The summed E-state index contributed by atoms with van der Waals surface area (Å²) in [7, 11) is 1.32. The van der Waals surface area contributed by atoms with Crippen LogP contribution in [0.2, 0.25) is 0 Å². The van der Waals surface area contributed by atoms with Gasteiger partial charge in [-0.3, -0.25) is 0 Å². The summed E-state index contributed by atoms with van der Waals surface area (Å²) in [5.41, 5.74) is 2.07. The maximum absolute atomic E-state index is 15.4. The fourth-order valence-corrected chi connectivity index (χ4v) is 5.67. The van der Waals surface area contributed by atoms with Crippen LogP contribution in [0, 0.1) is 11.6 Å². The third kappa shape index (κ3) is 5.83. The van der Waals surface area contributed by atoms with Gasteiger partial charge in [-0.1, -0.05) is 17.4 Å². The van der Waals surface area contributed by atoms with Crippen molar-refractivity contribution in [3.63, 3.8) is 0 Å². The second-order valence-electron chi connectivity index (χ2n) is 9.31. The molecule has 0 radical (unpaired) electrons. The minimum Gasteiger partial charge on any atom is -0.470 e. The summed E-state index contributed by atoms with van der Waals surface area (Å²) in [6.07, 6.45) is 0.888. The number of imidazole rings is 1. The van der Waals surface area contributed by atoms with Gasteiger partial charge in [0, 0.05) is 24.7 Å². The summed E-state index contributed by atoms with van der Waals surface area (Å²) >= 11 is 4.57. The van der Waals surface area contributed by atoms with Crippen molar-refractivity contribution in [3.05, 3.63) is 86.0 Å². The molecule has 0 bridgehead atoms. The van der Waals surface area contributed by atoms with E-state index in [1.165, 1.54) is 24.5 Å². The third-order valence-electron chi connectivity index (χ3n) is 6.70. The number of hydrogen-bond donors (Lipinski definition) is 0. The lowest BCUT2D eigenvalue weighted by Crippen LogP contribution is -2.31. The zero-order valence-electron chi connectivity index (χ0n) is 21.6. The summed E-state index contributed by atoms with van der Waals surface area (Å²) in [5.74, 6) is -0.920. The molecule has 41 heavy (non-hydrogen) atoms. The van der Waals surface area contributed by atoms with Gasteiger partial charge in [-0.2, -0.15) is 0 Å². The molecule has 13 heteroatoms. The lowest BCUT2D eigenvalue weighted by molar-refractivity contribution is -0.0589. The topological polar surface area (TPSA) is 101 Å². The lowest BCUT2D eigenvalue weighted by Gasteiger charge is -2.27. The van der Waals surface area contributed by atoms with Crippen molar-refractivity contribution in [2.75, 3.05) is 13.7 Å². The lowest BCUT2D eigenvalue weighted by atomic mass is 10.0. The molecule has 210 valence electrons. The van der Waals surface area contributed by atoms with Crippen LogP contribution in [0.25, 0.3) is 22.3 Å². The Morgan fingerprint density at radius 3 is 2.73 bits per heavy atom. The van der Waals surface area contributed by atoms with Crippen molar-refractivity contribution >= 4 is 44.3 Å². The standard InChI is InChI=1S/C28H22BrF2N5O4S/c1-38-27(37)15-5-6-22-23(10-15)36(13-17-7-8-39-17)24(32-22)11-16-9-20(31)18(12-19(16)30)21-3-2-4-25(33-21)40-14-26-34-35-28(29)41-26/h2-6,9-10,12,17H,7-8,11,13-14H2,1H3/t17-/m0/s1. The molecule has 9 nitrogen and oxygen atoms in total. The molecule has 0 amide bonds. The monoisotopic (exact) mass is 641 g/mol. The van der Waals surface area contributed by atoms with E-state index in [9.17, 15) is 4.79 Å². The van der Waals surface area contributed by atoms with E-state index in [1.807, 2.05) is 4.57 Å². The largest absolute Gasteiger partial charge is 0.470 e. The fourth-order valence-electron chi connectivity index (χ4n) is 4.55. The average Bonchev–Trinajstić information content (AvgIpc) is 3.52. The minimum absolute atomic E-state index is 0.00875. The van der Waals surface area contributed by atoms with Crippen molar-refractivity contribution < 1.29 is 27.8 Å². The Kier molecular flexibility index (Phi) is 7.73. The summed E-state index contributed by atoms with van der Waals surface area (Å²) in [5, 5.41) is 8.48. The summed E-state index contributed by atoms with van der Waals surface area (Å²) in [6, 6.07) is 12.2. The van der Waals surface area contributed by atoms with Crippen LogP contribution in [0.15, 0.2) is 52.4 Å². The highest BCUT2D eigenvalue weighted by atomic mass is 79.9. The van der Waals surface area contributed by atoms with Gasteiger partial charge in [0.15, 0.2) is 8.92 Å². The van der Waals surface area contributed by atoms with Crippen LogP contribution < -0.4 is 4.74 Å². The molecular formula is C28H22BrF2N5O4S. The van der Waals surface area contributed by atoms with Crippen molar-refractivity contribution in [2.45, 2.75) is 32.1 Å². The first-order chi connectivity index (χ1) is 19.9. The number of methoxy groups -OCH3 is 1. The van der Waals surface area contributed by atoms with Crippen molar-refractivity contribution in [1.29, 1.82) is 0 Å². The first-order valence-corrected chi connectivity index (χ1v) is 14.2. The molecule has 5 aromatic rings. The number of rotatable bonds is 9. The van der Waals surface area contributed by atoms with Crippen LogP contribution in [-0.2, 0) is 29.0 Å². The van der Waals surface area contributed by atoms with Gasteiger partial charge in [0.05, 0.1) is 42.0 Å². The van der Waals surface area contributed by atoms with E-state index in [1.54, 1.807) is 36.4 Å². The van der Waals surface area contributed by atoms with Crippen molar-refractivity contribution in [2.24, 2.45) is 0 Å². The number of ether oxygens (including phenoxy) is 3. The Hall–Kier alpha value is -3.81. The molecule has 0 aliphatic carbocycles. The number of pyridine rings is 1. The molecule has 1 aliphatic heterocycles. The summed E-state index contributed by atoms with van der Waals surface area (Å²) < 4.78 is 49.5. The fraction of sp³-hybridized carbons (Fsp3) is 0.250. The zero-order valence-corrected chi connectivity index (χ0v) is 24.0. The number of benzene rings is 2. The van der Waals surface area contributed by atoms with E-state index in [0.29, 0.717) is 44.5 Å². The van der Waals surface area contributed by atoms with Crippen LogP contribution in [0.3, 0.4) is 0 Å². The number of aromatic nitrogens is 5. The van der Waals surface area contributed by atoms with Gasteiger partial charge in [0.25, 0.3) is 0 Å². The van der Waals surface area contributed by atoms with Gasteiger partial charge < -0.3 is 18.8 Å². The molecule has 3 aromatic heterocycles. The van der Waals surface area contributed by atoms with Crippen LogP contribution in [0.4, 0.5) is 8.78 Å². The van der Waals surface area contributed by atoms with Gasteiger partial charge in [-0.05, 0) is 64.3 Å². The minimum atomic E-state index is -0.628. The molecular weight excluding hydrogens is 620 g/mol. The van der Waals surface area contributed by atoms with Crippen molar-refractivity contribution in [3.8, 4) is 17.1 Å². The van der Waals surface area contributed by atoms with Gasteiger partial charge in [0.1, 0.15) is 24.1 Å². The number of carbonyl (C=O) groups is 1. The Bertz CT molecular complexity index is 1760. The second-order valence-corrected chi connectivity index (χ2v) is 11.7. The van der Waals surface area contributed by atoms with Gasteiger partial charge >= 0.3 is 5.97 Å². The van der Waals surface area contributed by atoms with Crippen LogP contribution >= 0.6 is 27.3 Å². The predicted octanol–water partition coefficient (Wildman–Crippen LogP) is 5.74. The highest BCUT2D eigenvalue weighted by Gasteiger charge is 2.24. The third-order valence-corrected chi connectivity index (χ3v) is 8.03.